The third-order valence-corrected chi connectivity index (χ3v) is 4.76. The van der Waals surface area contributed by atoms with Gasteiger partial charge in [0.25, 0.3) is 0 Å². The number of nitrogens with two attached hydrogens (primary N) is 1. The Balaban J connectivity index is 0.00000288. The first-order valence-corrected chi connectivity index (χ1v) is 8.31. The van der Waals surface area contributed by atoms with Crippen LogP contribution >= 0.6 is 24.0 Å². The molecule has 1 unspecified atom stereocenters. The van der Waals surface area contributed by atoms with Crippen LogP contribution in [0.25, 0.3) is 0 Å². The molecule has 1 amide bonds. The molecule has 3 N–H and O–H groups in total. The predicted molar refractivity (Wildman–Crippen MR) is 97.9 cm³/mol. The van der Waals surface area contributed by atoms with E-state index in [4.69, 9.17) is 26.8 Å². The van der Waals surface area contributed by atoms with Crippen LogP contribution in [-0.4, -0.2) is 45.4 Å². The molecule has 24 heavy (non-hydrogen) atoms. The van der Waals surface area contributed by atoms with Gasteiger partial charge in [-0.15, -0.1) is 12.4 Å². The van der Waals surface area contributed by atoms with Gasteiger partial charge in [-0.3, -0.25) is 4.79 Å². The number of halogens is 2. The molecule has 0 radical (unpaired) electrons. The Labute approximate surface area is 154 Å². The molecule has 1 aliphatic heterocycles. The quantitative estimate of drug-likeness (QED) is 0.765. The number of benzene rings is 1. The first-order chi connectivity index (χ1) is 11.1. The second kappa shape index (κ2) is 10.2. The van der Waals surface area contributed by atoms with Gasteiger partial charge in [0.05, 0.1) is 12.5 Å². The van der Waals surface area contributed by atoms with Crippen LogP contribution in [-0.2, 0) is 19.7 Å². The van der Waals surface area contributed by atoms with E-state index in [9.17, 15) is 4.79 Å². The zero-order valence-electron chi connectivity index (χ0n) is 13.9. The molecule has 1 aromatic carbocycles. The van der Waals surface area contributed by atoms with Gasteiger partial charge in [-0.05, 0) is 30.5 Å². The highest BCUT2D eigenvalue weighted by molar-refractivity contribution is 6.30. The molecule has 0 spiro atoms. The molecule has 0 saturated carbocycles. The molecule has 0 aromatic heterocycles. The second-order valence-corrected chi connectivity index (χ2v) is 6.41. The normalized spacial score (nSPS) is 17.6. The van der Waals surface area contributed by atoms with E-state index < -0.39 is 0 Å². The van der Waals surface area contributed by atoms with E-state index in [2.05, 4.69) is 11.4 Å². The van der Waals surface area contributed by atoms with Crippen molar-refractivity contribution in [3.05, 3.63) is 34.9 Å². The number of hydrogen-bond acceptors (Lipinski definition) is 4. The van der Waals surface area contributed by atoms with Crippen molar-refractivity contribution < 1.29 is 14.3 Å². The lowest BCUT2D eigenvalue weighted by atomic mass is 9.74. The number of methoxy groups -OCH3 is 1. The van der Waals surface area contributed by atoms with Crippen molar-refractivity contribution in [3.63, 3.8) is 0 Å². The van der Waals surface area contributed by atoms with Gasteiger partial charge in [0, 0.05) is 43.9 Å². The first kappa shape index (κ1) is 21.2. The van der Waals surface area contributed by atoms with Crippen LogP contribution in [0.15, 0.2) is 24.3 Å². The van der Waals surface area contributed by atoms with E-state index in [-0.39, 0.29) is 36.3 Å². The maximum absolute atomic E-state index is 12.2. The SMILES string of the molecule is COC(CN)CC(=O)NCC1(c2cccc(Cl)c2)CCOCC1.Cl. The van der Waals surface area contributed by atoms with Crippen LogP contribution in [0.1, 0.15) is 24.8 Å². The van der Waals surface area contributed by atoms with Crippen LogP contribution in [0.3, 0.4) is 0 Å². The monoisotopic (exact) mass is 376 g/mol. The lowest BCUT2D eigenvalue weighted by Crippen LogP contribution is -2.45. The molecule has 1 heterocycles. The van der Waals surface area contributed by atoms with Crippen LogP contribution < -0.4 is 11.1 Å². The molecule has 5 nitrogen and oxygen atoms in total. The van der Waals surface area contributed by atoms with E-state index in [0.29, 0.717) is 31.3 Å². The van der Waals surface area contributed by atoms with Gasteiger partial charge in [-0.1, -0.05) is 23.7 Å². The maximum atomic E-state index is 12.2. The second-order valence-electron chi connectivity index (χ2n) is 5.98. The number of nitrogens with one attached hydrogen (secondary N) is 1. The van der Waals surface area contributed by atoms with Crippen LogP contribution in [0.4, 0.5) is 0 Å². The Kier molecular flexibility index (Phi) is 9.02. The van der Waals surface area contributed by atoms with Gasteiger partial charge >= 0.3 is 0 Å². The highest BCUT2D eigenvalue weighted by Crippen LogP contribution is 2.35. The van der Waals surface area contributed by atoms with Gasteiger partial charge in [0.15, 0.2) is 0 Å². The zero-order chi connectivity index (χ0) is 16.7. The third-order valence-electron chi connectivity index (χ3n) is 4.52. The van der Waals surface area contributed by atoms with Crippen molar-refractivity contribution in [3.8, 4) is 0 Å². The highest BCUT2D eigenvalue weighted by atomic mass is 35.5. The molecule has 1 aromatic rings. The number of carbonyl (C=O) groups is 1. The summed E-state index contributed by atoms with van der Waals surface area (Å²) in [7, 11) is 1.57. The Hall–Kier alpha value is -0.850. The predicted octanol–water partition coefficient (Wildman–Crippen LogP) is 2.29. The molecule has 1 saturated heterocycles. The number of rotatable bonds is 7. The largest absolute Gasteiger partial charge is 0.381 e. The van der Waals surface area contributed by atoms with Crippen LogP contribution in [0.5, 0.6) is 0 Å². The van der Waals surface area contributed by atoms with E-state index in [0.717, 1.165) is 18.4 Å². The van der Waals surface area contributed by atoms with Crippen LogP contribution in [0, 0.1) is 0 Å². The third kappa shape index (κ3) is 5.60. The van der Waals surface area contributed by atoms with Crippen molar-refractivity contribution in [1.29, 1.82) is 0 Å². The fourth-order valence-corrected chi connectivity index (χ4v) is 3.15. The maximum Gasteiger partial charge on any atom is 0.222 e. The zero-order valence-corrected chi connectivity index (χ0v) is 15.5. The van der Waals surface area contributed by atoms with Gasteiger partial charge in [-0.2, -0.15) is 0 Å². The van der Waals surface area contributed by atoms with Crippen molar-refractivity contribution in [2.24, 2.45) is 5.73 Å². The standard InChI is InChI=1S/C17H25ClN2O3.ClH/c1-22-15(11-19)10-16(21)20-12-17(5-7-23-8-6-17)13-3-2-4-14(18)9-13;/h2-4,9,15H,5-8,10-12,19H2,1H3,(H,20,21);1H. The van der Waals surface area contributed by atoms with Gasteiger partial charge in [-0.25, -0.2) is 0 Å². The summed E-state index contributed by atoms with van der Waals surface area (Å²) in [6.07, 6.45) is 1.75. The Bertz CT molecular complexity index is 518. The summed E-state index contributed by atoms with van der Waals surface area (Å²) >= 11 is 6.15. The molecule has 136 valence electrons. The van der Waals surface area contributed by atoms with Crippen molar-refractivity contribution in [1.82, 2.24) is 5.32 Å². The minimum Gasteiger partial charge on any atom is -0.381 e. The summed E-state index contributed by atoms with van der Waals surface area (Å²) in [5.41, 5.74) is 6.58. The van der Waals surface area contributed by atoms with Gasteiger partial charge < -0.3 is 20.5 Å². The summed E-state index contributed by atoms with van der Waals surface area (Å²) in [5.74, 6) is -0.0461. The molecule has 2 rings (SSSR count). The summed E-state index contributed by atoms with van der Waals surface area (Å²) in [6, 6.07) is 7.87. The molecule has 7 heteroatoms. The number of carbonyl (C=O) groups excluding carboxylic acids is 1. The van der Waals surface area contributed by atoms with Crippen molar-refractivity contribution in [2.75, 3.05) is 33.4 Å². The summed E-state index contributed by atoms with van der Waals surface area (Å²) in [5, 5.41) is 3.75. The lowest BCUT2D eigenvalue weighted by molar-refractivity contribution is -0.123. The van der Waals surface area contributed by atoms with Gasteiger partial charge in [0.1, 0.15) is 0 Å². The van der Waals surface area contributed by atoms with E-state index >= 15 is 0 Å². The van der Waals surface area contributed by atoms with E-state index in [1.165, 1.54) is 0 Å². The first-order valence-electron chi connectivity index (χ1n) is 7.93. The summed E-state index contributed by atoms with van der Waals surface area (Å²) in [6.45, 7) is 2.27. The van der Waals surface area contributed by atoms with Crippen LogP contribution in [0.2, 0.25) is 5.02 Å². The number of amides is 1. The topological polar surface area (TPSA) is 73.6 Å². The Morgan fingerprint density at radius 2 is 2.17 bits per heavy atom. The van der Waals surface area contributed by atoms with E-state index in [1.807, 2.05) is 18.2 Å². The lowest BCUT2D eigenvalue weighted by Gasteiger charge is -2.38. The smallest absolute Gasteiger partial charge is 0.222 e. The summed E-state index contributed by atoms with van der Waals surface area (Å²) < 4.78 is 10.7. The molecule has 1 fully saturated rings. The van der Waals surface area contributed by atoms with E-state index in [1.54, 1.807) is 7.11 Å². The Morgan fingerprint density at radius 1 is 1.46 bits per heavy atom. The highest BCUT2D eigenvalue weighted by Gasteiger charge is 2.35. The minimum atomic E-state index is -0.244. The molecular formula is C17H26Cl2N2O3. The molecule has 0 aliphatic carbocycles. The average Bonchev–Trinajstić information content (AvgIpc) is 2.58. The fraction of sp³-hybridized carbons (Fsp3) is 0.588. The average molecular weight is 377 g/mol. The Morgan fingerprint density at radius 3 is 2.75 bits per heavy atom. The van der Waals surface area contributed by atoms with Crippen molar-refractivity contribution in [2.45, 2.75) is 30.8 Å². The molecule has 0 bridgehead atoms. The number of ether oxygens (including phenoxy) is 2. The molecular weight excluding hydrogens is 351 g/mol. The molecule has 1 aliphatic rings. The minimum absolute atomic E-state index is 0. The fourth-order valence-electron chi connectivity index (χ4n) is 2.96. The number of hydrogen-bond donors (Lipinski definition) is 2. The van der Waals surface area contributed by atoms with Gasteiger partial charge in [0.2, 0.25) is 5.91 Å². The molecule has 1 atom stereocenters. The van der Waals surface area contributed by atoms with Crippen molar-refractivity contribution >= 4 is 29.9 Å². The summed E-state index contributed by atoms with van der Waals surface area (Å²) in [4.78, 5) is 12.2.